The molecule has 1 saturated heterocycles. The van der Waals surface area contributed by atoms with Crippen molar-refractivity contribution in [1.82, 2.24) is 19.7 Å². The van der Waals surface area contributed by atoms with Gasteiger partial charge in [-0.3, -0.25) is 9.36 Å². The topological polar surface area (TPSA) is 60.2 Å². The van der Waals surface area contributed by atoms with Crippen LogP contribution in [0.25, 0.3) is 11.4 Å². The second kappa shape index (κ2) is 9.89. The Hall–Kier alpha value is -2.97. The molecule has 0 radical (unpaired) electrons. The fourth-order valence-corrected chi connectivity index (χ4v) is 4.56. The Morgan fingerprint density at radius 1 is 1.13 bits per heavy atom. The van der Waals surface area contributed by atoms with Gasteiger partial charge in [-0.15, -0.1) is 16.8 Å². The number of morpholine rings is 1. The molecule has 0 bridgehead atoms. The second-order valence-corrected chi connectivity index (χ2v) is 8.13. The molecule has 6 nitrogen and oxygen atoms in total. The predicted molar refractivity (Wildman–Crippen MR) is 118 cm³/mol. The lowest BCUT2D eigenvalue weighted by Crippen LogP contribution is -2.42. The van der Waals surface area contributed by atoms with E-state index in [0.717, 1.165) is 11.1 Å². The number of halogens is 1. The van der Waals surface area contributed by atoms with Gasteiger partial charge in [0.05, 0.1) is 13.2 Å². The number of rotatable bonds is 7. The molecule has 0 N–H and O–H groups in total. The molecule has 0 aliphatic carbocycles. The van der Waals surface area contributed by atoms with Gasteiger partial charge >= 0.3 is 0 Å². The molecule has 2 heterocycles. The highest BCUT2D eigenvalue weighted by Gasteiger charge is 2.30. The Morgan fingerprint density at radius 2 is 1.84 bits per heavy atom. The van der Waals surface area contributed by atoms with Crippen LogP contribution in [0, 0.1) is 5.82 Å². The molecular formula is C23H23FN4O2S. The summed E-state index contributed by atoms with van der Waals surface area (Å²) in [5.74, 6) is 0.317. The number of aromatic nitrogens is 3. The highest BCUT2D eigenvalue weighted by atomic mass is 32.2. The van der Waals surface area contributed by atoms with Gasteiger partial charge < -0.3 is 9.64 Å². The number of amides is 1. The zero-order valence-electron chi connectivity index (χ0n) is 17.0. The molecule has 1 aromatic heterocycles. The number of thioether (sulfide) groups is 1. The average molecular weight is 439 g/mol. The molecule has 31 heavy (non-hydrogen) atoms. The molecule has 8 heteroatoms. The monoisotopic (exact) mass is 438 g/mol. The van der Waals surface area contributed by atoms with Crippen molar-refractivity contribution >= 4 is 17.7 Å². The SMILES string of the molecule is C=CCn1c(S[C@H](C(=O)N2CCOCC2)c2ccccc2)nnc1-c1ccc(F)cc1. The predicted octanol–water partition coefficient (Wildman–Crippen LogP) is 3.96. The summed E-state index contributed by atoms with van der Waals surface area (Å²) in [4.78, 5) is 15.3. The van der Waals surface area contributed by atoms with Crippen LogP contribution in [0.3, 0.4) is 0 Å². The smallest absolute Gasteiger partial charge is 0.240 e. The zero-order chi connectivity index (χ0) is 21.6. The highest BCUT2D eigenvalue weighted by molar-refractivity contribution is 8.00. The molecule has 1 fully saturated rings. The first-order valence-corrected chi connectivity index (χ1v) is 10.9. The second-order valence-electron chi connectivity index (χ2n) is 7.06. The number of carbonyl (C=O) groups excluding carboxylic acids is 1. The number of ether oxygens (including phenoxy) is 1. The fourth-order valence-electron chi connectivity index (χ4n) is 3.43. The maximum Gasteiger partial charge on any atom is 0.240 e. The minimum Gasteiger partial charge on any atom is -0.378 e. The molecule has 0 unspecified atom stereocenters. The minimum atomic E-state index is -0.465. The summed E-state index contributed by atoms with van der Waals surface area (Å²) in [5, 5.41) is 8.84. The number of allylic oxidation sites excluding steroid dienone is 1. The Balaban J connectivity index is 1.68. The number of nitrogens with zero attached hydrogens (tertiary/aromatic N) is 4. The molecule has 4 rings (SSSR count). The van der Waals surface area contributed by atoms with E-state index < -0.39 is 5.25 Å². The standard InChI is InChI=1S/C23H23FN4O2S/c1-2-12-28-21(18-8-10-19(24)11-9-18)25-26-23(28)31-20(17-6-4-3-5-7-17)22(29)27-13-15-30-16-14-27/h2-11,20H,1,12-16H2/t20-/m0/s1. The largest absolute Gasteiger partial charge is 0.378 e. The third-order valence-electron chi connectivity index (χ3n) is 5.00. The van der Waals surface area contributed by atoms with Crippen molar-refractivity contribution in [1.29, 1.82) is 0 Å². The van der Waals surface area contributed by atoms with Crippen LogP contribution in [0.5, 0.6) is 0 Å². The van der Waals surface area contributed by atoms with Gasteiger partial charge in [0.15, 0.2) is 11.0 Å². The lowest BCUT2D eigenvalue weighted by molar-refractivity contribution is -0.134. The summed E-state index contributed by atoms with van der Waals surface area (Å²) < 4.78 is 20.7. The Morgan fingerprint density at radius 3 is 2.52 bits per heavy atom. The van der Waals surface area contributed by atoms with E-state index in [-0.39, 0.29) is 11.7 Å². The Bertz CT molecular complexity index is 1030. The van der Waals surface area contributed by atoms with Gasteiger partial charge in [0.2, 0.25) is 5.91 Å². The van der Waals surface area contributed by atoms with Gasteiger partial charge in [0, 0.05) is 25.2 Å². The lowest BCUT2D eigenvalue weighted by Gasteiger charge is -2.30. The van der Waals surface area contributed by atoms with Crippen LogP contribution >= 0.6 is 11.8 Å². The summed E-state index contributed by atoms with van der Waals surface area (Å²) in [6.45, 7) is 6.53. The van der Waals surface area contributed by atoms with Crippen molar-refractivity contribution in [3.63, 3.8) is 0 Å². The van der Waals surface area contributed by atoms with Gasteiger partial charge in [0.25, 0.3) is 0 Å². The van der Waals surface area contributed by atoms with Crippen LogP contribution in [0.2, 0.25) is 0 Å². The summed E-state index contributed by atoms with van der Waals surface area (Å²) in [7, 11) is 0. The van der Waals surface area contributed by atoms with E-state index in [4.69, 9.17) is 4.74 Å². The molecule has 2 aromatic carbocycles. The van der Waals surface area contributed by atoms with Crippen molar-refractivity contribution in [2.75, 3.05) is 26.3 Å². The van der Waals surface area contributed by atoms with Crippen molar-refractivity contribution in [2.45, 2.75) is 17.0 Å². The van der Waals surface area contributed by atoms with Gasteiger partial charge in [-0.25, -0.2) is 4.39 Å². The minimum absolute atomic E-state index is 0.0241. The number of benzene rings is 2. The third-order valence-corrected chi connectivity index (χ3v) is 6.23. The number of hydrogen-bond acceptors (Lipinski definition) is 5. The normalized spacial score (nSPS) is 14.9. The molecular weight excluding hydrogens is 415 g/mol. The summed E-state index contributed by atoms with van der Waals surface area (Å²) in [5.41, 5.74) is 1.65. The Kier molecular flexibility index (Phi) is 6.79. The van der Waals surface area contributed by atoms with Crippen molar-refractivity contribution < 1.29 is 13.9 Å². The maximum absolute atomic E-state index is 13.4. The van der Waals surface area contributed by atoms with Crippen LogP contribution in [0.4, 0.5) is 4.39 Å². The van der Waals surface area contributed by atoms with Crippen molar-refractivity contribution in [2.24, 2.45) is 0 Å². The van der Waals surface area contributed by atoms with E-state index in [9.17, 15) is 9.18 Å². The van der Waals surface area contributed by atoms with E-state index in [1.807, 2.05) is 39.8 Å². The third kappa shape index (κ3) is 4.86. The van der Waals surface area contributed by atoms with Crippen LogP contribution in [0.1, 0.15) is 10.8 Å². The van der Waals surface area contributed by atoms with E-state index in [2.05, 4.69) is 16.8 Å². The van der Waals surface area contributed by atoms with Crippen LogP contribution in [-0.4, -0.2) is 51.9 Å². The van der Waals surface area contributed by atoms with Crippen molar-refractivity contribution in [3.05, 3.63) is 78.6 Å². The van der Waals surface area contributed by atoms with Crippen LogP contribution in [0.15, 0.2) is 72.4 Å². The van der Waals surface area contributed by atoms with E-state index in [1.54, 1.807) is 18.2 Å². The van der Waals surface area contributed by atoms with Gasteiger partial charge in [-0.05, 0) is 29.8 Å². The molecule has 160 valence electrons. The van der Waals surface area contributed by atoms with E-state index in [1.165, 1.54) is 23.9 Å². The maximum atomic E-state index is 13.4. The quantitative estimate of drug-likeness (QED) is 0.413. The van der Waals surface area contributed by atoms with Crippen molar-refractivity contribution in [3.8, 4) is 11.4 Å². The first-order valence-electron chi connectivity index (χ1n) is 10.1. The zero-order valence-corrected chi connectivity index (χ0v) is 17.8. The molecule has 1 aliphatic heterocycles. The van der Waals surface area contributed by atoms with Crippen LogP contribution < -0.4 is 0 Å². The summed E-state index contributed by atoms with van der Waals surface area (Å²) in [6.07, 6.45) is 1.75. The summed E-state index contributed by atoms with van der Waals surface area (Å²) in [6, 6.07) is 15.8. The number of carbonyl (C=O) groups is 1. The van der Waals surface area contributed by atoms with E-state index in [0.29, 0.717) is 43.8 Å². The first-order chi connectivity index (χ1) is 15.2. The fraction of sp³-hybridized carbons (Fsp3) is 0.261. The van der Waals surface area contributed by atoms with Gasteiger partial charge in [0.1, 0.15) is 11.1 Å². The average Bonchev–Trinajstić information content (AvgIpc) is 3.21. The molecule has 0 saturated carbocycles. The van der Waals surface area contributed by atoms with Gasteiger partial charge in [-0.1, -0.05) is 48.2 Å². The molecule has 1 aliphatic rings. The first kappa shape index (κ1) is 21.3. The molecule has 0 spiro atoms. The number of hydrogen-bond donors (Lipinski definition) is 0. The lowest BCUT2D eigenvalue weighted by atomic mass is 10.1. The summed E-state index contributed by atoms with van der Waals surface area (Å²) >= 11 is 1.36. The Labute approximate surface area is 184 Å². The van der Waals surface area contributed by atoms with Crippen LogP contribution in [-0.2, 0) is 16.1 Å². The molecule has 3 aromatic rings. The van der Waals surface area contributed by atoms with Gasteiger partial charge in [-0.2, -0.15) is 0 Å². The molecule has 1 amide bonds. The van der Waals surface area contributed by atoms with E-state index >= 15 is 0 Å². The molecule has 1 atom stereocenters. The highest BCUT2D eigenvalue weighted by Crippen LogP contribution is 2.37.